The molecule has 1 saturated heterocycles. The number of piperidine rings is 1. The second-order valence-corrected chi connectivity index (χ2v) is 8.60. The van der Waals surface area contributed by atoms with Crippen molar-refractivity contribution < 1.29 is 4.79 Å². The number of carbonyl (C=O) groups is 1. The van der Waals surface area contributed by atoms with Gasteiger partial charge in [-0.2, -0.15) is 0 Å². The maximum absolute atomic E-state index is 12.7. The van der Waals surface area contributed by atoms with E-state index in [4.69, 9.17) is 0 Å². The van der Waals surface area contributed by atoms with E-state index in [1.165, 1.54) is 25.7 Å². The average Bonchev–Trinajstić information content (AvgIpc) is 2.89. The number of aryl methyl sites for hydroxylation is 1. The first-order chi connectivity index (χ1) is 13.0. The predicted molar refractivity (Wildman–Crippen MR) is 107 cm³/mol. The van der Waals surface area contributed by atoms with Crippen molar-refractivity contribution in [2.24, 2.45) is 5.41 Å². The predicted octanol–water partition coefficient (Wildman–Crippen LogP) is 4.33. The Balaban J connectivity index is 1.52. The number of amides is 2. The van der Waals surface area contributed by atoms with Gasteiger partial charge in [0.15, 0.2) is 5.82 Å². The van der Waals surface area contributed by atoms with Crippen LogP contribution < -0.4 is 5.32 Å². The molecule has 0 atom stereocenters. The number of nitrogens with one attached hydrogen (secondary N) is 1. The fraction of sp³-hybridized carbons (Fsp3) is 0.571. The minimum absolute atomic E-state index is 0.0139. The van der Waals surface area contributed by atoms with Crippen LogP contribution in [0.3, 0.4) is 0 Å². The molecule has 0 spiro atoms. The van der Waals surface area contributed by atoms with E-state index in [-0.39, 0.29) is 11.4 Å². The van der Waals surface area contributed by atoms with Crippen molar-refractivity contribution in [2.75, 3.05) is 18.4 Å². The van der Waals surface area contributed by atoms with E-state index in [1.54, 1.807) is 0 Å². The number of hydrogen-bond donors (Lipinski definition) is 1. The molecule has 2 aromatic rings. The molecule has 0 unspecified atom stereocenters. The molecule has 144 valence electrons. The number of fused-ring (bicyclic) bond motifs is 1. The molecule has 1 N–H and O–H groups in total. The average molecular weight is 367 g/mol. The molecule has 2 amide bonds. The van der Waals surface area contributed by atoms with Crippen molar-refractivity contribution in [1.29, 1.82) is 0 Å². The number of urea groups is 1. The zero-order chi connectivity index (χ0) is 18.9. The van der Waals surface area contributed by atoms with Crippen molar-refractivity contribution in [2.45, 2.75) is 58.9 Å². The molecule has 1 fully saturated rings. The Bertz CT molecular complexity index is 826. The summed E-state index contributed by atoms with van der Waals surface area (Å²) in [5.74, 6) is 1.98. The Labute approximate surface area is 161 Å². The van der Waals surface area contributed by atoms with Crippen LogP contribution in [0.15, 0.2) is 24.3 Å². The maximum Gasteiger partial charge on any atom is 0.321 e. The summed E-state index contributed by atoms with van der Waals surface area (Å²) in [5, 5.41) is 11.9. The number of aromatic nitrogens is 3. The lowest BCUT2D eigenvalue weighted by Gasteiger charge is -2.37. The highest BCUT2D eigenvalue weighted by atomic mass is 16.2. The van der Waals surface area contributed by atoms with Gasteiger partial charge in [-0.15, -0.1) is 10.2 Å². The lowest BCUT2D eigenvalue weighted by Crippen LogP contribution is -2.45. The maximum atomic E-state index is 12.7. The highest BCUT2D eigenvalue weighted by molar-refractivity contribution is 5.90. The summed E-state index contributed by atoms with van der Waals surface area (Å²) >= 11 is 0. The number of hydrogen-bond acceptors (Lipinski definition) is 3. The first-order valence-corrected chi connectivity index (χ1v) is 10.1. The Hall–Kier alpha value is -2.37. The largest absolute Gasteiger partial charge is 0.324 e. The van der Waals surface area contributed by atoms with Gasteiger partial charge in [-0.25, -0.2) is 4.79 Å². The van der Waals surface area contributed by atoms with Crippen LogP contribution in [0.2, 0.25) is 0 Å². The van der Waals surface area contributed by atoms with Crippen LogP contribution in [0.25, 0.3) is 11.4 Å². The molecule has 3 heterocycles. The van der Waals surface area contributed by atoms with Gasteiger partial charge in [0.05, 0.1) is 0 Å². The summed E-state index contributed by atoms with van der Waals surface area (Å²) in [6.07, 6.45) is 6.81. The number of anilines is 1. The number of likely N-dealkylation sites (tertiary alicyclic amines) is 1. The second kappa shape index (κ2) is 7.33. The van der Waals surface area contributed by atoms with Gasteiger partial charge in [-0.3, -0.25) is 0 Å². The molecule has 2 aliphatic rings. The molecule has 1 aromatic heterocycles. The van der Waals surface area contributed by atoms with Gasteiger partial charge in [0.2, 0.25) is 0 Å². The molecule has 0 radical (unpaired) electrons. The standard InChI is InChI=1S/C21H29N5O/c1-21(2)11-7-12-25(15-21)20(27)22-17-9-6-8-16(14-17)19-24-23-18-10-4-3-5-13-26(18)19/h6,8-9,14H,3-5,7,10-13,15H2,1-2H3,(H,22,27). The first kappa shape index (κ1) is 18.0. The molecular formula is C21H29N5O. The lowest BCUT2D eigenvalue weighted by molar-refractivity contribution is 0.138. The van der Waals surface area contributed by atoms with Crippen molar-refractivity contribution in [3.8, 4) is 11.4 Å². The van der Waals surface area contributed by atoms with Gasteiger partial charge in [0.25, 0.3) is 0 Å². The molecule has 6 heteroatoms. The van der Waals surface area contributed by atoms with Gasteiger partial charge in [0, 0.05) is 37.3 Å². The van der Waals surface area contributed by atoms with Crippen LogP contribution >= 0.6 is 0 Å². The van der Waals surface area contributed by atoms with Gasteiger partial charge in [-0.05, 0) is 43.2 Å². The molecule has 0 aliphatic carbocycles. The number of nitrogens with zero attached hydrogens (tertiary/aromatic N) is 4. The molecule has 4 rings (SSSR count). The van der Waals surface area contributed by atoms with Crippen LogP contribution in [0, 0.1) is 5.41 Å². The van der Waals surface area contributed by atoms with Crippen molar-refractivity contribution >= 4 is 11.7 Å². The van der Waals surface area contributed by atoms with Gasteiger partial charge in [-0.1, -0.05) is 32.4 Å². The highest BCUT2D eigenvalue weighted by Crippen LogP contribution is 2.29. The Morgan fingerprint density at radius 1 is 1.11 bits per heavy atom. The molecule has 2 aliphatic heterocycles. The van der Waals surface area contributed by atoms with Crippen molar-refractivity contribution in [3.05, 3.63) is 30.1 Å². The molecule has 6 nitrogen and oxygen atoms in total. The summed E-state index contributed by atoms with van der Waals surface area (Å²) in [4.78, 5) is 14.6. The summed E-state index contributed by atoms with van der Waals surface area (Å²) < 4.78 is 2.24. The Morgan fingerprint density at radius 2 is 2.00 bits per heavy atom. The monoisotopic (exact) mass is 367 g/mol. The van der Waals surface area contributed by atoms with Crippen LogP contribution in [-0.4, -0.2) is 38.8 Å². The van der Waals surface area contributed by atoms with Crippen LogP contribution in [0.1, 0.15) is 51.8 Å². The molecule has 0 bridgehead atoms. The minimum atomic E-state index is -0.0139. The van der Waals surface area contributed by atoms with Gasteiger partial charge in [0.1, 0.15) is 5.82 Å². The third-order valence-electron chi connectivity index (χ3n) is 5.67. The molecule has 1 aromatic carbocycles. The number of carbonyl (C=O) groups excluding carboxylic acids is 1. The van der Waals surface area contributed by atoms with E-state index < -0.39 is 0 Å². The van der Waals surface area contributed by atoms with Crippen LogP contribution in [0.5, 0.6) is 0 Å². The fourth-order valence-electron chi connectivity index (χ4n) is 4.23. The third kappa shape index (κ3) is 3.99. The SMILES string of the molecule is CC1(C)CCCN(C(=O)Nc2cccc(-c3nnc4n3CCCCC4)c2)C1. The van der Waals surface area contributed by atoms with Crippen LogP contribution in [0.4, 0.5) is 10.5 Å². The number of benzene rings is 1. The van der Waals surface area contributed by atoms with Crippen molar-refractivity contribution in [3.63, 3.8) is 0 Å². The summed E-state index contributed by atoms with van der Waals surface area (Å²) in [6.45, 7) is 7.05. The van der Waals surface area contributed by atoms with Crippen molar-refractivity contribution in [1.82, 2.24) is 19.7 Å². The minimum Gasteiger partial charge on any atom is -0.324 e. The van der Waals surface area contributed by atoms with Crippen LogP contribution in [-0.2, 0) is 13.0 Å². The quantitative estimate of drug-likeness (QED) is 0.859. The third-order valence-corrected chi connectivity index (χ3v) is 5.67. The van der Waals surface area contributed by atoms with E-state index in [1.807, 2.05) is 29.2 Å². The normalized spacial score (nSPS) is 19.3. The summed E-state index contributed by atoms with van der Waals surface area (Å²) in [7, 11) is 0. The lowest BCUT2D eigenvalue weighted by atomic mass is 9.84. The zero-order valence-corrected chi connectivity index (χ0v) is 16.4. The smallest absolute Gasteiger partial charge is 0.321 e. The number of rotatable bonds is 2. The summed E-state index contributed by atoms with van der Waals surface area (Å²) in [6, 6.07) is 7.95. The molecule has 0 saturated carbocycles. The van der Waals surface area contributed by atoms with E-state index >= 15 is 0 Å². The van der Waals surface area contributed by atoms with E-state index in [2.05, 4.69) is 33.9 Å². The zero-order valence-electron chi connectivity index (χ0n) is 16.4. The summed E-state index contributed by atoms with van der Waals surface area (Å²) in [5.41, 5.74) is 2.01. The van der Waals surface area contributed by atoms with E-state index in [9.17, 15) is 4.79 Å². The highest BCUT2D eigenvalue weighted by Gasteiger charge is 2.29. The molecule has 27 heavy (non-hydrogen) atoms. The van der Waals surface area contributed by atoms with E-state index in [0.717, 1.165) is 55.4 Å². The molecular weight excluding hydrogens is 338 g/mol. The van der Waals surface area contributed by atoms with Gasteiger partial charge < -0.3 is 14.8 Å². The Kier molecular flexibility index (Phi) is 4.89. The topological polar surface area (TPSA) is 63.1 Å². The fourth-order valence-corrected chi connectivity index (χ4v) is 4.23. The van der Waals surface area contributed by atoms with E-state index in [0.29, 0.717) is 0 Å². The second-order valence-electron chi connectivity index (χ2n) is 8.60. The van der Waals surface area contributed by atoms with Gasteiger partial charge >= 0.3 is 6.03 Å². The first-order valence-electron chi connectivity index (χ1n) is 10.1. The Morgan fingerprint density at radius 3 is 2.85 bits per heavy atom.